The Balaban J connectivity index is 2.32. The van der Waals surface area contributed by atoms with E-state index in [4.69, 9.17) is 0 Å². The Morgan fingerprint density at radius 1 is 1.29 bits per heavy atom. The molecular formula is C13H17N. The lowest BCUT2D eigenvalue weighted by Crippen LogP contribution is -2.07. The highest BCUT2D eigenvalue weighted by Crippen LogP contribution is 2.31. The number of allylic oxidation sites excluding steroid dienone is 2. The second kappa shape index (κ2) is 3.49. The monoisotopic (exact) mass is 187 g/mol. The number of H-pyrrole nitrogens is 1. The van der Waals surface area contributed by atoms with E-state index in [-0.39, 0.29) is 5.41 Å². The summed E-state index contributed by atoms with van der Waals surface area (Å²) in [6.45, 7) is 4.52. The number of fused-ring (bicyclic) bond motifs is 1. The summed E-state index contributed by atoms with van der Waals surface area (Å²) in [6, 6.07) is 2.12. The first-order valence-electron chi connectivity index (χ1n) is 5.29. The van der Waals surface area contributed by atoms with Crippen LogP contribution in [0, 0.1) is 5.41 Å². The molecular weight excluding hydrogens is 170 g/mol. The van der Waals surface area contributed by atoms with Gasteiger partial charge in [-0.1, -0.05) is 38.5 Å². The molecule has 2 rings (SSSR count). The van der Waals surface area contributed by atoms with Gasteiger partial charge in [0.1, 0.15) is 0 Å². The third-order valence-electron chi connectivity index (χ3n) is 2.88. The average Bonchev–Trinajstić information content (AvgIpc) is 2.55. The summed E-state index contributed by atoms with van der Waals surface area (Å²) < 4.78 is 0. The van der Waals surface area contributed by atoms with Gasteiger partial charge in [0.05, 0.1) is 0 Å². The second-order valence-electron chi connectivity index (χ2n) is 4.27. The number of aromatic nitrogens is 1. The van der Waals surface area contributed by atoms with E-state index < -0.39 is 0 Å². The summed E-state index contributed by atoms with van der Waals surface area (Å²) in [6.07, 6.45) is 13.5. The predicted octanol–water partition coefficient (Wildman–Crippen LogP) is 3.86. The van der Waals surface area contributed by atoms with Crippen LogP contribution in [0.25, 0.3) is 12.2 Å². The molecule has 0 bridgehead atoms. The van der Waals surface area contributed by atoms with Gasteiger partial charge in [-0.25, -0.2) is 0 Å². The summed E-state index contributed by atoms with van der Waals surface area (Å²) in [4.78, 5) is 3.24. The quantitative estimate of drug-likeness (QED) is 0.723. The molecule has 0 spiro atoms. The van der Waals surface area contributed by atoms with Crippen molar-refractivity contribution in [1.29, 1.82) is 0 Å². The van der Waals surface area contributed by atoms with Crippen molar-refractivity contribution in [2.45, 2.75) is 26.7 Å². The minimum Gasteiger partial charge on any atom is -0.361 e. The zero-order valence-electron chi connectivity index (χ0n) is 8.88. The number of hydrogen-bond donors (Lipinski definition) is 1. The molecule has 1 aliphatic carbocycles. The molecule has 1 heterocycles. The van der Waals surface area contributed by atoms with Gasteiger partial charge in [0.25, 0.3) is 0 Å². The molecule has 1 aromatic heterocycles. The molecule has 0 saturated carbocycles. The van der Waals surface area contributed by atoms with Crippen LogP contribution in [0.3, 0.4) is 0 Å². The highest BCUT2D eigenvalue weighted by molar-refractivity contribution is 5.66. The van der Waals surface area contributed by atoms with Crippen molar-refractivity contribution in [2.24, 2.45) is 5.41 Å². The molecule has 14 heavy (non-hydrogen) atoms. The molecule has 0 aliphatic heterocycles. The Kier molecular flexibility index (Phi) is 2.32. The molecule has 1 unspecified atom stereocenters. The van der Waals surface area contributed by atoms with Gasteiger partial charge in [-0.05, 0) is 24.1 Å². The fourth-order valence-corrected chi connectivity index (χ4v) is 2.00. The second-order valence-corrected chi connectivity index (χ2v) is 4.27. The van der Waals surface area contributed by atoms with Crippen molar-refractivity contribution in [3.8, 4) is 0 Å². The Morgan fingerprint density at radius 2 is 2.07 bits per heavy atom. The lowest BCUT2D eigenvalue weighted by Gasteiger charge is -2.19. The van der Waals surface area contributed by atoms with Gasteiger partial charge >= 0.3 is 0 Å². The lowest BCUT2D eigenvalue weighted by atomic mass is 9.85. The fraction of sp³-hybridized carbons (Fsp3) is 0.385. The molecule has 74 valence electrons. The van der Waals surface area contributed by atoms with Crippen LogP contribution in [0.2, 0.25) is 0 Å². The SMILES string of the molecule is CCCC1(C)C=Cc2cc[nH]c2C=C1. The van der Waals surface area contributed by atoms with Gasteiger partial charge in [-0.2, -0.15) is 0 Å². The first kappa shape index (κ1) is 9.32. The normalized spacial score (nSPS) is 24.7. The van der Waals surface area contributed by atoms with Crippen LogP contribution in [0.4, 0.5) is 0 Å². The first-order chi connectivity index (χ1) is 6.73. The maximum Gasteiger partial charge on any atom is 0.0450 e. The van der Waals surface area contributed by atoms with E-state index in [1.165, 1.54) is 24.1 Å². The largest absolute Gasteiger partial charge is 0.361 e. The van der Waals surface area contributed by atoms with E-state index >= 15 is 0 Å². The minimum atomic E-state index is 0.231. The standard InChI is InChI=1S/C13H17N/c1-3-7-13(2)8-4-11-6-10-14-12(11)5-9-13/h4-6,8-10,14H,3,7H2,1-2H3. The lowest BCUT2D eigenvalue weighted by molar-refractivity contribution is 0.497. The van der Waals surface area contributed by atoms with E-state index in [0.29, 0.717) is 0 Å². The van der Waals surface area contributed by atoms with Crippen molar-refractivity contribution < 1.29 is 0 Å². The third kappa shape index (κ3) is 1.67. The Hall–Kier alpha value is -1.24. The summed E-state index contributed by atoms with van der Waals surface area (Å²) >= 11 is 0. The molecule has 1 atom stereocenters. The van der Waals surface area contributed by atoms with Gasteiger partial charge < -0.3 is 4.98 Å². The smallest absolute Gasteiger partial charge is 0.0450 e. The zero-order valence-corrected chi connectivity index (χ0v) is 8.88. The molecule has 1 N–H and O–H groups in total. The molecule has 0 saturated heterocycles. The van der Waals surface area contributed by atoms with Gasteiger partial charge in [0.2, 0.25) is 0 Å². The Morgan fingerprint density at radius 3 is 2.86 bits per heavy atom. The van der Waals surface area contributed by atoms with Crippen LogP contribution < -0.4 is 0 Å². The van der Waals surface area contributed by atoms with Gasteiger partial charge in [-0.3, -0.25) is 0 Å². The van der Waals surface area contributed by atoms with E-state index in [0.717, 1.165) is 0 Å². The summed E-state index contributed by atoms with van der Waals surface area (Å²) in [5.41, 5.74) is 2.75. The number of nitrogens with one attached hydrogen (secondary N) is 1. The predicted molar refractivity (Wildman–Crippen MR) is 61.9 cm³/mol. The number of hydrogen-bond acceptors (Lipinski definition) is 0. The maximum absolute atomic E-state index is 3.24. The van der Waals surface area contributed by atoms with Gasteiger partial charge in [-0.15, -0.1) is 0 Å². The van der Waals surface area contributed by atoms with Crippen molar-refractivity contribution in [2.75, 3.05) is 0 Å². The van der Waals surface area contributed by atoms with E-state index in [1.54, 1.807) is 0 Å². The van der Waals surface area contributed by atoms with Gasteiger partial charge in [0, 0.05) is 17.3 Å². The Bertz CT molecular complexity index is 340. The average molecular weight is 187 g/mol. The van der Waals surface area contributed by atoms with E-state index in [1.807, 2.05) is 6.20 Å². The van der Waals surface area contributed by atoms with Crippen molar-refractivity contribution in [1.82, 2.24) is 4.98 Å². The molecule has 0 amide bonds. The minimum absolute atomic E-state index is 0.231. The summed E-state index contributed by atoms with van der Waals surface area (Å²) in [7, 11) is 0. The maximum atomic E-state index is 3.24. The highest BCUT2D eigenvalue weighted by atomic mass is 14.7. The molecule has 0 radical (unpaired) electrons. The first-order valence-corrected chi connectivity index (χ1v) is 5.29. The van der Waals surface area contributed by atoms with Crippen LogP contribution in [-0.2, 0) is 0 Å². The van der Waals surface area contributed by atoms with Crippen molar-refractivity contribution in [3.05, 3.63) is 35.7 Å². The molecule has 0 fully saturated rings. The van der Waals surface area contributed by atoms with Gasteiger partial charge in [0.15, 0.2) is 0 Å². The fourth-order valence-electron chi connectivity index (χ4n) is 2.00. The Labute approximate surface area is 85.5 Å². The topological polar surface area (TPSA) is 15.8 Å². The van der Waals surface area contributed by atoms with Crippen molar-refractivity contribution in [3.63, 3.8) is 0 Å². The number of rotatable bonds is 2. The zero-order chi connectivity index (χ0) is 10.0. The summed E-state index contributed by atoms with van der Waals surface area (Å²) in [5, 5.41) is 0. The van der Waals surface area contributed by atoms with Crippen molar-refractivity contribution >= 4 is 12.2 Å². The van der Waals surface area contributed by atoms with Crippen LogP contribution in [0.5, 0.6) is 0 Å². The molecule has 0 aromatic carbocycles. The third-order valence-corrected chi connectivity index (χ3v) is 2.88. The van der Waals surface area contributed by atoms with Crippen LogP contribution in [-0.4, -0.2) is 4.98 Å². The van der Waals surface area contributed by atoms with Crippen LogP contribution >= 0.6 is 0 Å². The number of aromatic amines is 1. The van der Waals surface area contributed by atoms with E-state index in [2.05, 4.69) is 49.2 Å². The molecule has 1 aliphatic rings. The van der Waals surface area contributed by atoms with Crippen LogP contribution in [0.15, 0.2) is 24.4 Å². The summed E-state index contributed by atoms with van der Waals surface area (Å²) in [5.74, 6) is 0. The molecule has 1 nitrogen and oxygen atoms in total. The molecule has 1 heteroatoms. The highest BCUT2D eigenvalue weighted by Gasteiger charge is 2.17. The molecule has 1 aromatic rings. The van der Waals surface area contributed by atoms with Crippen LogP contribution in [0.1, 0.15) is 37.9 Å². The van der Waals surface area contributed by atoms with E-state index in [9.17, 15) is 0 Å².